The number of hydrogen-bond acceptors (Lipinski definition) is 6. The van der Waals surface area contributed by atoms with Gasteiger partial charge >= 0.3 is 0 Å². The smallest absolute Gasteiger partial charge is 0.285 e. The van der Waals surface area contributed by atoms with E-state index in [9.17, 15) is 14.4 Å². The van der Waals surface area contributed by atoms with Gasteiger partial charge in [0.15, 0.2) is 16.7 Å². The van der Waals surface area contributed by atoms with Crippen LogP contribution >= 0.6 is 27.7 Å². The standard InChI is InChI=1S/C46H40BrN3O5S/c1-4-7-22-37(5-2)50-45(53)38(44(52)49-46(50)56-30-41(51)48-42(34-17-10-8-11-18-34)35-19-12-9-13-20-35)26-32-27-39(47)43(40(28-32)54-6-3)55-29-31-23-24-33-16-14-15-21-36(33)25-31/h4-5,7-28,42H,1,6,29-30H2,2-3H3,(H,48,51)/b22-7-,37-5+,38-26+. The number of ether oxygens (including phenoxy) is 2. The lowest BCUT2D eigenvalue weighted by atomic mass is 9.99. The van der Waals surface area contributed by atoms with E-state index in [1.165, 1.54) is 11.0 Å². The third-order valence-corrected chi connectivity index (χ3v) is 10.3. The average Bonchev–Trinajstić information content (AvgIpc) is 3.22. The number of carbonyl (C=O) groups excluding carboxylic acids is 3. The van der Waals surface area contributed by atoms with Gasteiger partial charge in [0.05, 0.1) is 22.9 Å². The minimum Gasteiger partial charge on any atom is -0.490 e. The maximum Gasteiger partial charge on any atom is 0.285 e. The summed E-state index contributed by atoms with van der Waals surface area (Å²) in [5.74, 6) is -0.774. The molecule has 5 aromatic carbocycles. The molecule has 1 aliphatic rings. The molecule has 0 atom stereocenters. The molecule has 0 aromatic heterocycles. The van der Waals surface area contributed by atoms with Crippen molar-refractivity contribution in [1.29, 1.82) is 0 Å². The SMILES string of the molecule is C=C/C=C\C(=C/C)N1C(=O)/C(=C/c2cc(Br)c(OCc3ccc4ccccc4c3)c(OCC)c2)C(=O)N=C1SCC(=O)NC(c1ccccc1)c1ccccc1. The van der Waals surface area contributed by atoms with E-state index in [1.807, 2.05) is 85.8 Å². The molecule has 5 aromatic rings. The molecule has 8 nitrogen and oxygen atoms in total. The highest BCUT2D eigenvalue weighted by molar-refractivity contribution is 9.10. The molecule has 0 radical (unpaired) electrons. The Kier molecular flexibility index (Phi) is 13.5. The molecular formula is C46H40BrN3O5S. The van der Waals surface area contributed by atoms with Gasteiger partial charge in [-0.15, -0.1) is 0 Å². The van der Waals surface area contributed by atoms with Gasteiger partial charge in [-0.05, 0) is 93.2 Å². The lowest BCUT2D eigenvalue weighted by Gasteiger charge is -2.28. The summed E-state index contributed by atoms with van der Waals surface area (Å²) in [6, 6.07) is 36.7. The van der Waals surface area contributed by atoms with E-state index in [0.717, 1.165) is 39.2 Å². The van der Waals surface area contributed by atoms with E-state index in [0.29, 0.717) is 40.4 Å². The van der Waals surface area contributed by atoms with Crippen molar-refractivity contribution in [3.63, 3.8) is 0 Å². The molecule has 1 N–H and O–H groups in total. The fraction of sp³-hybridized carbons (Fsp3) is 0.130. The third kappa shape index (κ3) is 9.63. The number of amidine groups is 1. The van der Waals surface area contributed by atoms with Crippen molar-refractivity contribution in [3.05, 3.63) is 184 Å². The van der Waals surface area contributed by atoms with E-state index >= 15 is 0 Å². The molecule has 6 rings (SSSR count). The van der Waals surface area contributed by atoms with Gasteiger partial charge in [-0.25, -0.2) is 0 Å². The number of carbonyl (C=O) groups is 3. The van der Waals surface area contributed by atoms with Gasteiger partial charge in [0.1, 0.15) is 12.2 Å². The van der Waals surface area contributed by atoms with Crippen LogP contribution in [0.15, 0.2) is 167 Å². The minimum absolute atomic E-state index is 0.0821. The van der Waals surface area contributed by atoms with Gasteiger partial charge in [0.2, 0.25) is 5.91 Å². The van der Waals surface area contributed by atoms with Gasteiger partial charge in [-0.1, -0.05) is 134 Å². The molecule has 0 saturated carbocycles. The number of thioether (sulfide) groups is 1. The predicted octanol–water partition coefficient (Wildman–Crippen LogP) is 9.97. The number of nitrogens with one attached hydrogen (secondary N) is 1. The average molecular weight is 827 g/mol. The van der Waals surface area contributed by atoms with Crippen LogP contribution in [0.5, 0.6) is 11.5 Å². The number of nitrogens with zero attached hydrogens (tertiary/aromatic N) is 2. The van der Waals surface area contributed by atoms with E-state index < -0.39 is 17.9 Å². The van der Waals surface area contributed by atoms with Gasteiger partial charge in [-0.3, -0.25) is 19.3 Å². The van der Waals surface area contributed by atoms with Crippen molar-refractivity contribution in [3.8, 4) is 11.5 Å². The summed E-state index contributed by atoms with van der Waals surface area (Å²) in [6.07, 6.45) is 8.18. The Bertz CT molecular complexity index is 2330. The number of amides is 3. The van der Waals surface area contributed by atoms with Crippen molar-refractivity contribution < 1.29 is 23.9 Å². The Balaban J connectivity index is 1.26. The van der Waals surface area contributed by atoms with Crippen LogP contribution in [0.2, 0.25) is 0 Å². The molecule has 56 heavy (non-hydrogen) atoms. The molecule has 10 heteroatoms. The molecule has 0 spiro atoms. The van der Waals surface area contributed by atoms with E-state index in [2.05, 4.69) is 57.1 Å². The molecular weight excluding hydrogens is 786 g/mol. The fourth-order valence-electron chi connectivity index (χ4n) is 6.12. The van der Waals surface area contributed by atoms with Crippen LogP contribution in [-0.2, 0) is 21.0 Å². The number of rotatable bonds is 14. The summed E-state index contributed by atoms with van der Waals surface area (Å²) in [4.78, 5) is 47.1. The highest BCUT2D eigenvalue weighted by Gasteiger charge is 2.35. The molecule has 0 fully saturated rings. The van der Waals surface area contributed by atoms with Gasteiger partial charge in [0, 0.05) is 5.70 Å². The van der Waals surface area contributed by atoms with E-state index in [-0.39, 0.29) is 22.4 Å². The summed E-state index contributed by atoms with van der Waals surface area (Å²) in [7, 11) is 0. The Hall–Kier alpha value is -5.97. The predicted molar refractivity (Wildman–Crippen MR) is 229 cm³/mol. The summed E-state index contributed by atoms with van der Waals surface area (Å²) in [5.41, 5.74) is 3.66. The molecule has 0 unspecified atom stereocenters. The summed E-state index contributed by atoms with van der Waals surface area (Å²) in [6.45, 7) is 8.05. The van der Waals surface area contributed by atoms with Crippen LogP contribution in [0, 0.1) is 0 Å². The molecule has 0 saturated heterocycles. The highest BCUT2D eigenvalue weighted by atomic mass is 79.9. The summed E-state index contributed by atoms with van der Waals surface area (Å²) < 4.78 is 12.8. The van der Waals surface area contributed by atoms with Gasteiger partial charge in [-0.2, -0.15) is 4.99 Å². The number of hydrogen-bond donors (Lipinski definition) is 1. The van der Waals surface area contributed by atoms with Crippen molar-refractivity contribution >= 4 is 67.4 Å². The number of allylic oxidation sites excluding steroid dienone is 4. The lowest BCUT2D eigenvalue weighted by molar-refractivity contribution is -0.126. The van der Waals surface area contributed by atoms with Crippen LogP contribution in [0.4, 0.5) is 0 Å². The Morgan fingerprint density at radius 2 is 1.59 bits per heavy atom. The van der Waals surface area contributed by atoms with Crippen LogP contribution in [0.25, 0.3) is 16.8 Å². The lowest BCUT2D eigenvalue weighted by Crippen LogP contribution is -2.42. The van der Waals surface area contributed by atoms with Crippen molar-refractivity contribution in [1.82, 2.24) is 10.2 Å². The van der Waals surface area contributed by atoms with Crippen molar-refractivity contribution in [2.24, 2.45) is 4.99 Å². The molecule has 282 valence electrons. The van der Waals surface area contributed by atoms with Crippen molar-refractivity contribution in [2.45, 2.75) is 26.5 Å². The topological polar surface area (TPSA) is 97.3 Å². The zero-order valence-electron chi connectivity index (χ0n) is 31.0. The maximum absolute atomic E-state index is 14.3. The van der Waals surface area contributed by atoms with Gasteiger partial charge in [0.25, 0.3) is 11.8 Å². The number of aliphatic imine (C=N–C) groups is 1. The first-order valence-electron chi connectivity index (χ1n) is 18.0. The summed E-state index contributed by atoms with van der Waals surface area (Å²) in [5, 5.41) is 5.45. The van der Waals surface area contributed by atoms with Crippen molar-refractivity contribution in [2.75, 3.05) is 12.4 Å². The molecule has 1 heterocycles. The zero-order valence-corrected chi connectivity index (χ0v) is 33.4. The third-order valence-electron chi connectivity index (χ3n) is 8.75. The Morgan fingerprint density at radius 1 is 0.911 bits per heavy atom. The second-order valence-electron chi connectivity index (χ2n) is 12.6. The molecule has 1 aliphatic heterocycles. The van der Waals surface area contributed by atoms with E-state index in [4.69, 9.17) is 9.47 Å². The minimum atomic E-state index is -0.727. The first-order valence-corrected chi connectivity index (χ1v) is 19.8. The summed E-state index contributed by atoms with van der Waals surface area (Å²) >= 11 is 4.64. The second-order valence-corrected chi connectivity index (χ2v) is 14.3. The fourth-order valence-corrected chi connectivity index (χ4v) is 7.50. The molecule has 0 aliphatic carbocycles. The number of benzene rings is 5. The number of halogens is 1. The first-order chi connectivity index (χ1) is 27.3. The Labute approximate surface area is 339 Å². The molecule has 0 bridgehead atoms. The highest BCUT2D eigenvalue weighted by Crippen LogP contribution is 2.39. The van der Waals surface area contributed by atoms with Crippen LogP contribution in [-0.4, -0.2) is 40.1 Å². The normalized spacial score (nSPS) is 14.1. The zero-order chi connectivity index (χ0) is 39.4. The first kappa shape index (κ1) is 39.7. The maximum atomic E-state index is 14.3. The Morgan fingerprint density at radius 3 is 2.25 bits per heavy atom. The van der Waals surface area contributed by atoms with Crippen LogP contribution in [0.3, 0.4) is 0 Å². The quantitative estimate of drug-likeness (QED) is 0.0681. The second kappa shape index (κ2) is 19.1. The van der Waals surface area contributed by atoms with Crippen LogP contribution < -0.4 is 14.8 Å². The largest absolute Gasteiger partial charge is 0.490 e. The van der Waals surface area contributed by atoms with E-state index in [1.54, 1.807) is 43.4 Å². The number of fused-ring (bicyclic) bond motifs is 1. The molecule has 3 amide bonds. The monoisotopic (exact) mass is 825 g/mol. The van der Waals surface area contributed by atoms with Crippen LogP contribution in [0.1, 0.15) is 42.1 Å². The van der Waals surface area contributed by atoms with Gasteiger partial charge < -0.3 is 14.8 Å².